The molecule has 0 spiro atoms. The van der Waals surface area contributed by atoms with Crippen LogP contribution in [-0.2, 0) is 0 Å². The zero-order valence-electron chi connectivity index (χ0n) is 8.76. The first-order valence-corrected chi connectivity index (χ1v) is 5.74. The van der Waals surface area contributed by atoms with E-state index in [0.717, 1.165) is 11.8 Å². The maximum atomic E-state index is 3.46. The molecule has 1 atom stereocenters. The smallest absolute Gasteiger partial charge is 0.00191 e. The van der Waals surface area contributed by atoms with Crippen molar-refractivity contribution in [3.63, 3.8) is 0 Å². The van der Waals surface area contributed by atoms with Crippen LogP contribution in [-0.4, -0.2) is 38.1 Å². The molecule has 0 aromatic heterocycles. The molecule has 0 saturated carbocycles. The summed E-state index contributed by atoms with van der Waals surface area (Å²) < 4.78 is 0. The minimum Gasteiger partial charge on any atom is -0.316 e. The van der Waals surface area contributed by atoms with Crippen LogP contribution in [0.25, 0.3) is 0 Å². The molecule has 0 bridgehead atoms. The van der Waals surface area contributed by atoms with E-state index in [9.17, 15) is 0 Å². The van der Waals surface area contributed by atoms with E-state index in [4.69, 9.17) is 0 Å². The van der Waals surface area contributed by atoms with Crippen LogP contribution in [0.4, 0.5) is 0 Å². The summed E-state index contributed by atoms with van der Waals surface area (Å²) in [6.07, 6.45) is 5.78. The molecule has 0 radical (unpaired) electrons. The lowest BCUT2D eigenvalue weighted by atomic mass is 9.87. The van der Waals surface area contributed by atoms with Gasteiger partial charge < -0.3 is 10.2 Å². The van der Waals surface area contributed by atoms with E-state index in [0.29, 0.717) is 0 Å². The summed E-state index contributed by atoms with van der Waals surface area (Å²) in [5.74, 6) is 2.02. The number of likely N-dealkylation sites (tertiary alicyclic amines) is 1. The molecule has 76 valence electrons. The van der Waals surface area contributed by atoms with Crippen LogP contribution in [0.2, 0.25) is 0 Å². The van der Waals surface area contributed by atoms with Crippen molar-refractivity contribution in [1.29, 1.82) is 0 Å². The predicted molar refractivity (Wildman–Crippen MR) is 55.8 cm³/mol. The quantitative estimate of drug-likeness (QED) is 0.693. The highest BCUT2D eigenvalue weighted by atomic mass is 15.1. The van der Waals surface area contributed by atoms with Gasteiger partial charge in [0.1, 0.15) is 0 Å². The molecule has 2 aliphatic heterocycles. The van der Waals surface area contributed by atoms with Gasteiger partial charge in [-0.25, -0.2) is 0 Å². The normalized spacial score (nSPS) is 32.5. The zero-order chi connectivity index (χ0) is 9.10. The van der Waals surface area contributed by atoms with Gasteiger partial charge in [-0.3, -0.25) is 0 Å². The van der Waals surface area contributed by atoms with Crippen LogP contribution in [0.3, 0.4) is 0 Å². The van der Waals surface area contributed by atoms with Crippen LogP contribution in [0.1, 0.15) is 25.7 Å². The Kier molecular flexibility index (Phi) is 3.23. The summed E-state index contributed by atoms with van der Waals surface area (Å²) in [5, 5.41) is 3.46. The molecule has 1 unspecified atom stereocenters. The van der Waals surface area contributed by atoms with Crippen molar-refractivity contribution < 1.29 is 0 Å². The van der Waals surface area contributed by atoms with Crippen LogP contribution in [0.5, 0.6) is 0 Å². The molecular formula is C11H22N2. The van der Waals surface area contributed by atoms with Gasteiger partial charge >= 0.3 is 0 Å². The summed E-state index contributed by atoms with van der Waals surface area (Å²) >= 11 is 0. The predicted octanol–water partition coefficient (Wildman–Crippen LogP) is 1.33. The molecular weight excluding hydrogens is 160 g/mol. The van der Waals surface area contributed by atoms with E-state index < -0.39 is 0 Å². The molecule has 1 N–H and O–H groups in total. The SMILES string of the molecule is CN1CCC(CC2CCNC2)CC1. The molecule has 2 rings (SSSR count). The third-order valence-corrected chi connectivity index (χ3v) is 3.67. The van der Waals surface area contributed by atoms with E-state index in [-0.39, 0.29) is 0 Å². The van der Waals surface area contributed by atoms with E-state index in [1.807, 2.05) is 0 Å². The fraction of sp³-hybridized carbons (Fsp3) is 1.00. The second-order valence-corrected chi connectivity index (χ2v) is 4.84. The lowest BCUT2D eigenvalue weighted by molar-refractivity contribution is 0.198. The first kappa shape index (κ1) is 9.47. The van der Waals surface area contributed by atoms with Gasteiger partial charge in [-0.2, -0.15) is 0 Å². The van der Waals surface area contributed by atoms with E-state index in [2.05, 4.69) is 17.3 Å². The Labute approximate surface area is 81.7 Å². The summed E-state index contributed by atoms with van der Waals surface area (Å²) in [5.41, 5.74) is 0. The van der Waals surface area contributed by atoms with Crippen molar-refractivity contribution in [2.45, 2.75) is 25.7 Å². The number of rotatable bonds is 2. The Morgan fingerprint density at radius 1 is 1.15 bits per heavy atom. The average Bonchev–Trinajstić information content (AvgIpc) is 2.62. The summed E-state index contributed by atoms with van der Waals surface area (Å²) in [7, 11) is 2.24. The fourth-order valence-electron chi connectivity index (χ4n) is 2.68. The monoisotopic (exact) mass is 182 g/mol. The second kappa shape index (κ2) is 4.43. The standard InChI is InChI=1S/C11H22N2/c1-13-6-3-10(4-7-13)8-11-2-5-12-9-11/h10-12H,2-9H2,1H3. The Morgan fingerprint density at radius 2 is 1.92 bits per heavy atom. The zero-order valence-corrected chi connectivity index (χ0v) is 8.76. The van der Waals surface area contributed by atoms with Gasteiger partial charge in [0, 0.05) is 0 Å². The average molecular weight is 182 g/mol. The first-order valence-electron chi connectivity index (χ1n) is 5.74. The van der Waals surface area contributed by atoms with Gasteiger partial charge in [0.2, 0.25) is 0 Å². The van der Waals surface area contributed by atoms with E-state index in [1.165, 1.54) is 51.9 Å². The molecule has 2 aliphatic rings. The van der Waals surface area contributed by atoms with Gasteiger partial charge in [-0.15, -0.1) is 0 Å². The van der Waals surface area contributed by atoms with Gasteiger partial charge in [0.15, 0.2) is 0 Å². The molecule has 2 fully saturated rings. The third-order valence-electron chi connectivity index (χ3n) is 3.67. The highest BCUT2D eigenvalue weighted by Crippen LogP contribution is 2.26. The molecule has 2 saturated heterocycles. The Hall–Kier alpha value is -0.0800. The van der Waals surface area contributed by atoms with Crippen LogP contribution in [0, 0.1) is 11.8 Å². The second-order valence-electron chi connectivity index (χ2n) is 4.84. The minimum atomic E-state index is 0.994. The number of hydrogen-bond acceptors (Lipinski definition) is 2. The van der Waals surface area contributed by atoms with Crippen molar-refractivity contribution in [3.8, 4) is 0 Å². The van der Waals surface area contributed by atoms with E-state index >= 15 is 0 Å². The largest absolute Gasteiger partial charge is 0.316 e. The first-order chi connectivity index (χ1) is 6.34. The minimum absolute atomic E-state index is 0.994. The Morgan fingerprint density at radius 3 is 2.54 bits per heavy atom. The molecule has 2 heterocycles. The number of nitrogens with zero attached hydrogens (tertiary/aromatic N) is 1. The maximum Gasteiger partial charge on any atom is -0.00191 e. The molecule has 2 nitrogen and oxygen atoms in total. The lowest BCUT2D eigenvalue weighted by Gasteiger charge is -2.30. The number of piperidine rings is 1. The van der Waals surface area contributed by atoms with Gasteiger partial charge in [0.05, 0.1) is 0 Å². The third kappa shape index (κ3) is 2.68. The van der Waals surface area contributed by atoms with Gasteiger partial charge in [-0.05, 0) is 70.7 Å². The van der Waals surface area contributed by atoms with Gasteiger partial charge in [-0.1, -0.05) is 0 Å². The molecule has 0 aromatic rings. The maximum absolute atomic E-state index is 3.46. The van der Waals surface area contributed by atoms with Crippen LogP contribution >= 0.6 is 0 Å². The van der Waals surface area contributed by atoms with E-state index in [1.54, 1.807) is 0 Å². The number of hydrogen-bond donors (Lipinski definition) is 1. The van der Waals surface area contributed by atoms with Crippen molar-refractivity contribution in [2.75, 3.05) is 33.2 Å². The Bertz CT molecular complexity index is 144. The van der Waals surface area contributed by atoms with Gasteiger partial charge in [0.25, 0.3) is 0 Å². The van der Waals surface area contributed by atoms with Crippen molar-refractivity contribution in [3.05, 3.63) is 0 Å². The molecule has 0 aliphatic carbocycles. The van der Waals surface area contributed by atoms with Crippen LogP contribution in [0.15, 0.2) is 0 Å². The summed E-state index contributed by atoms with van der Waals surface area (Å²) in [6.45, 7) is 5.19. The van der Waals surface area contributed by atoms with Crippen molar-refractivity contribution in [2.24, 2.45) is 11.8 Å². The summed E-state index contributed by atoms with van der Waals surface area (Å²) in [6, 6.07) is 0. The highest BCUT2D eigenvalue weighted by molar-refractivity contribution is 4.77. The lowest BCUT2D eigenvalue weighted by Crippen LogP contribution is -2.31. The van der Waals surface area contributed by atoms with Crippen LogP contribution < -0.4 is 5.32 Å². The molecule has 0 amide bonds. The van der Waals surface area contributed by atoms with Crippen molar-refractivity contribution >= 4 is 0 Å². The van der Waals surface area contributed by atoms with Crippen molar-refractivity contribution in [1.82, 2.24) is 10.2 Å². The molecule has 2 heteroatoms. The highest BCUT2D eigenvalue weighted by Gasteiger charge is 2.22. The molecule has 0 aromatic carbocycles. The topological polar surface area (TPSA) is 15.3 Å². The molecule has 13 heavy (non-hydrogen) atoms. The Balaban J connectivity index is 1.69. The fourth-order valence-corrected chi connectivity index (χ4v) is 2.68. The number of nitrogens with one attached hydrogen (secondary N) is 1. The summed E-state index contributed by atoms with van der Waals surface area (Å²) in [4.78, 5) is 2.46.